The molecule has 0 saturated heterocycles. The molecular weight excluding hydrogens is 224 g/mol. The van der Waals surface area contributed by atoms with Gasteiger partial charge in [-0.2, -0.15) is 0 Å². The summed E-state index contributed by atoms with van der Waals surface area (Å²) in [6, 6.07) is 14.1. The number of benzene rings is 1. The van der Waals surface area contributed by atoms with Crippen LogP contribution in [0, 0.1) is 0 Å². The molecule has 1 aromatic heterocycles. The molecule has 0 saturated carbocycles. The normalized spacial score (nSPS) is 13.3. The van der Waals surface area contributed by atoms with Crippen LogP contribution < -0.4 is 10.9 Å². The first-order valence-corrected chi connectivity index (χ1v) is 6.35. The number of hydrogen-bond donors (Lipinski definition) is 1. The number of aromatic nitrogens is 1. The van der Waals surface area contributed by atoms with Crippen molar-refractivity contribution < 1.29 is 0 Å². The van der Waals surface area contributed by atoms with E-state index in [0.717, 1.165) is 25.1 Å². The van der Waals surface area contributed by atoms with Gasteiger partial charge in [0, 0.05) is 18.8 Å². The highest BCUT2D eigenvalue weighted by Gasteiger charge is 2.13. The summed E-state index contributed by atoms with van der Waals surface area (Å²) in [6.07, 6.45) is 2.10. The minimum absolute atomic E-state index is 0.112. The van der Waals surface area contributed by atoms with Crippen molar-refractivity contribution >= 4 is 5.69 Å². The maximum absolute atomic E-state index is 12.2. The van der Waals surface area contributed by atoms with Gasteiger partial charge < -0.3 is 9.88 Å². The van der Waals surface area contributed by atoms with Crippen LogP contribution in [0.25, 0.3) is 0 Å². The van der Waals surface area contributed by atoms with Gasteiger partial charge in [-0.25, -0.2) is 0 Å². The summed E-state index contributed by atoms with van der Waals surface area (Å²) in [5, 5.41) is 3.23. The van der Waals surface area contributed by atoms with E-state index in [2.05, 4.69) is 23.5 Å². The number of anilines is 1. The number of nitrogens with zero attached hydrogens (tertiary/aromatic N) is 1. The molecular formula is C15H16N2O. The van der Waals surface area contributed by atoms with E-state index in [0.29, 0.717) is 12.2 Å². The van der Waals surface area contributed by atoms with Gasteiger partial charge in [0.15, 0.2) is 0 Å². The fourth-order valence-electron chi connectivity index (χ4n) is 2.43. The molecule has 18 heavy (non-hydrogen) atoms. The topological polar surface area (TPSA) is 34.0 Å². The third-order valence-electron chi connectivity index (χ3n) is 3.41. The molecule has 0 atom stereocenters. The van der Waals surface area contributed by atoms with Crippen LogP contribution in [0.1, 0.15) is 17.7 Å². The first-order chi connectivity index (χ1) is 8.84. The average Bonchev–Trinajstić information content (AvgIpc) is 2.88. The molecule has 0 radical (unpaired) electrons. The van der Waals surface area contributed by atoms with E-state index in [1.54, 1.807) is 0 Å². The van der Waals surface area contributed by atoms with Crippen LogP contribution in [0.3, 0.4) is 0 Å². The van der Waals surface area contributed by atoms with Crippen LogP contribution in [-0.4, -0.2) is 4.57 Å². The molecule has 3 nitrogen and oxygen atoms in total. The minimum atomic E-state index is 0.112. The molecule has 3 rings (SSSR count). The molecule has 0 aliphatic carbocycles. The van der Waals surface area contributed by atoms with Crippen molar-refractivity contribution in [3.05, 3.63) is 64.1 Å². The summed E-state index contributed by atoms with van der Waals surface area (Å²) < 4.78 is 1.88. The molecule has 0 spiro atoms. The maximum Gasteiger partial charge on any atom is 0.274 e. The highest BCUT2D eigenvalue weighted by atomic mass is 16.1. The number of nitrogens with one attached hydrogen (secondary N) is 1. The average molecular weight is 240 g/mol. The Labute approximate surface area is 106 Å². The second-order valence-electron chi connectivity index (χ2n) is 4.64. The molecule has 1 aliphatic heterocycles. The van der Waals surface area contributed by atoms with Gasteiger partial charge in [-0.1, -0.05) is 30.3 Å². The Balaban J connectivity index is 1.80. The summed E-state index contributed by atoms with van der Waals surface area (Å²) >= 11 is 0. The van der Waals surface area contributed by atoms with Crippen molar-refractivity contribution in [1.82, 2.24) is 4.57 Å². The monoisotopic (exact) mass is 240 g/mol. The molecule has 0 bridgehead atoms. The van der Waals surface area contributed by atoms with E-state index in [1.807, 2.05) is 28.8 Å². The Kier molecular flexibility index (Phi) is 2.89. The molecule has 92 valence electrons. The third kappa shape index (κ3) is 2.04. The predicted octanol–water partition coefficient (Wildman–Crippen LogP) is 2.41. The quantitative estimate of drug-likeness (QED) is 0.894. The Hall–Kier alpha value is -2.03. The van der Waals surface area contributed by atoms with E-state index < -0.39 is 0 Å². The Bertz CT molecular complexity index is 602. The van der Waals surface area contributed by atoms with Crippen molar-refractivity contribution in [2.45, 2.75) is 25.9 Å². The van der Waals surface area contributed by atoms with Gasteiger partial charge in [-0.15, -0.1) is 0 Å². The van der Waals surface area contributed by atoms with Gasteiger partial charge in [0.1, 0.15) is 5.69 Å². The Morgan fingerprint density at radius 2 is 1.94 bits per heavy atom. The van der Waals surface area contributed by atoms with Crippen molar-refractivity contribution in [1.29, 1.82) is 0 Å². The maximum atomic E-state index is 12.2. The van der Waals surface area contributed by atoms with Gasteiger partial charge in [-0.3, -0.25) is 4.79 Å². The van der Waals surface area contributed by atoms with E-state index in [4.69, 9.17) is 0 Å². The van der Waals surface area contributed by atoms with Gasteiger partial charge in [-0.05, 0) is 30.5 Å². The van der Waals surface area contributed by atoms with Gasteiger partial charge >= 0.3 is 0 Å². The van der Waals surface area contributed by atoms with Gasteiger partial charge in [0.2, 0.25) is 0 Å². The number of fused-ring (bicyclic) bond motifs is 1. The molecule has 0 fully saturated rings. The Morgan fingerprint density at radius 3 is 2.78 bits per heavy atom. The van der Waals surface area contributed by atoms with Crippen molar-refractivity contribution in [3.63, 3.8) is 0 Å². The first kappa shape index (κ1) is 11.1. The number of hydrogen-bond acceptors (Lipinski definition) is 2. The van der Waals surface area contributed by atoms with E-state index in [9.17, 15) is 4.79 Å². The molecule has 0 unspecified atom stereocenters. The van der Waals surface area contributed by atoms with Crippen molar-refractivity contribution in [3.8, 4) is 0 Å². The zero-order valence-electron chi connectivity index (χ0n) is 10.2. The second-order valence-corrected chi connectivity index (χ2v) is 4.64. The summed E-state index contributed by atoms with van der Waals surface area (Å²) in [5.41, 5.74) is 3.15. The fourth-order valence-corrected chi connectivity index (χ4v) is 2.43. The highest BCUT2D eigenvalue weighted by Crippen LogP contribution is 2.14. The van der Waals surface area contributed by atoms with Gasteiger partial charge in [0.25, 0.3) is 5.56 Å². The molecule has 2 aromatic rings. The zero-order chi connectivity index (χ0) is 12.4. The van der Waals surface area contributed by atoms with Crippen molar-refractivity contribution in [2.24, 2.45) is 0 Å². The van der Waals surface area contributed by atoms with E-state index >= 15 is 0 Å². The van der Waals surface area contributed by atoms with Crippen LogP contribution in [-0.2, 0) is 19.5 Å². The SMILES string of the molecule is O=c1c(NCc2ccccc2)ccc2n1CCC2. The molecule has 3 heteroatoms. The van der Waals surface area contributed by atoms with Crippen LogP contribution >= 0.6 is 0 Å². The number of pyridine rings is 1. The molecule has 1 aliphatic rings. The van der Waals surface area contributed by atoms with Crippen LogP contribution in [0.15, 0.2) is 47.3 Å². The fraction of sp³-hybridized carbons (Fsp3) is 0.267. The largest absolute Gasteiger partial charge is 0.377 e. The zero-order valence-corrected chi connectivity index (χ0v) is 10.2. The lowest BCUT2D eigenvalue weighted by molar-refractivity contribution is 0.721. The van der Waals surface area contributed by atoms with Crippen LogP contribution in [0.2, 0.25) is 0 Å². The second kappa shape index (κ2) is 4.69. The molecule has 0 amide bonds. The van der Waals surface area contributed by atoms with E-state index in [-0.39, 0.29) is 5.56 Å². The standard InChI is InChI=1S/C15H16N2O/c18-15-14(9-8-13-7-4-10-17(13)15)16-11-12-5-2-1-3-6-12/h1-3,5-6,8-9,16H,4,7,10-11H2. The smallest absolute Gasteiger partial charge is 0.274 e. The van der Waals surface area contributed by atoms with Crippen molar-refractivity contribution in [2.75, 3.05) is 5.32 Å². The molecule has 1 N–H and O–H groups in total. The summed E-state index contributed by atoms with van der Waals surface area (Å²) in [6.45, 7) is 1.55. The predicted molar refractivity (Wildman–Crippen MR) is 72.8 cm³/mol. The van der Waals surface area contributed by atoms with E-state index in [1.165, 1.54) is 5.56 Å². The van der Waals surface area contributed by atoms with Crippen LogP contribution in [0.4, 0.5) is 5.69 Å². The summed E-state index contributed by atoms with van der Waals surface area (Å²) in [5.74, 6) is 0. The lowest BCUT2D eigenvalue weighted by atomic mass is 10.2. The highest BCUT2D eigenvalue weighted by molar-refractivity contribution is 5.43. The Morgan fingerprint density at radius 1 is 1.11 bits per heavy atom. The lowest BCUT2D eigenvalue weighted by Crippen LogP contribution is -2.22. The summed E-state index contributed by atoms with van der Waals surface area (Å²) in [7, 11) is 0. The third-order valence-corrected chi connectivity index (χ3v) is 3.41. The molecule has 2 heterocycles. The summed E-state index contributed by atoms with van der Waals surface area (Å²) in [4.78, 5) is 12.2. The van der Waals surface area contributed by atoms with Gasteiger partial charge in [0.05, 0.1) is 0 Å². The number of rotatable bonds is 3. The number of aryl methyl sites for hydroxylation is 1. The molecule has 1 aromatic carbocycles. The first-order valence-electron chi connectivity index (χ1n) is 6.35. The minimum Gasteiger partial charge on any atom is -0.377 e. The lowest BCUT2D eigenvalue weighted by Gasteiger charge is -2.09. The van der Waals surface area contributed by atoms with Crippen LogP contribution in [0.5, 0.6) is 0 Å².